The molecule has 1 unspecified atom stereocenters. The molecule has 1 atom stereocenters. The van der Waals surface area contributed by atoms with Crippen LogP contribution in [-0.4, -0.2) is 38.5 Å². The lowest BCUT2D eigenvalue weighted by molar-refractivity contribution is -0.206. The lowest BCUT2D eigenvalue weighted by Gasteiger charge is -2.22. The van der Waals surface area contributed by atoms with E-state index in [-0.39, 0.29) is 13.1 Å². The normalized spacial score (nSPS) is 21.5. The monoisotopic (exact) mass is 262 g/mol. The number of hydrogen-bond donors (Lipinski definition) is 0. The summed E-state index contributed by atoms with van der Waals surface area (Å²) in [4.78, 5) is 0. The molecule has 0 spiro atoms. The van der Waals surface area contributed by atoms with Gasteiger partial charge in [0.2, 0.25) is 0 Å². The molecule has 1 aliphatic rings. The molecule has 1 heterocycles. The van der Waals surface area contributed by atoms with Gasteiger partial charge in [-0.25, -0.2) is 0 Å². The van der Waals surface area contributed by atoms with Gasteiger partial charge in [-0.15, -0.1) is 11.8 Å². The Bertz CT molecular complexity index is 215. The van der Waals surface area contributed by atoms with Crippen molar-refractivity contribution in [2.45, 2.75) is 32.5 Å². The fourth-order valence-corrected chi connectivity index (χ4v) is 1.65. The van der Waals surface area contributed by atoms with Crippen molar-refractivity contribution < 1.29 is 18.9 Å². The van der Waals surface area contributed by atoms with Gasteiger partial charge < -0.3 is 18.9 Å². The summed E-state index contributed by atoms with van der Waals surface area (Å²) < 4.78 is 21.5. The van der Waals surface area contributed by atoms with Crippen LogP contribution in [-0.2, 0) is 18.9 Å². The van der Waals surface area contributed by atoms with Crippen LogP contribution in [0, 0.1) is 0 Å². The Balaban J connectivity index is 1.97. The van der Waals surface area contributed by atoms with Crippen LogP contribution < -0.4 is 0 Å². The first-order chi connectivity index (χ1) is 8.33. The Hall–Kier alpha value is -0.230. The Morgan fingerprint density at radius 2 is 2.35 bits per heavy atom. The SMILES string of the molecule is CSCOC=C(C)COCOC1CCCCO1. The first-order valence-electron chi connectivity index (χ1n) is 5.90. The standard InChI is InChI=1S/C12H22O4S/c1-11(8-14-10-17-2)7-13-9-16-12-5-3-4-6-15-12/h8,12H,3-7,9-10H2,1-2H3. The van der Waals surface area contributed by atoms with Crippen LogP contribution in [0.15, 0.2) is 11.8 Å². The highest BCUT2D eigenvalue weighted by atomic mass is 32.2. The third-order valence-electron chi connectivity index (χ3n) is 2.28. The maximum atomic E-state index is 5.44. The van der Waals surface area contributed by atoms with Gasteiger partial charge in [-0.1, -0.05) is 0 Å². The molecule has 0 radical (unpaired) electrons. The summed E-state index contributed by atoms with van der Waals surface area (Å²) in [5.74, 6) is 0.670. The zero-order valence-electron chi connectivity index (χ0n) is 10.6. The highest BCUT2D eigenvalue weighted by Gasteiger charge is 2.13. The fourth-order valence-electron chi connectivity index (χ4n) is 1.45. The van der Waals surface area contributed by atoms with E-state index in [1.807, 2.05) is 13.2 Å². The summed E-state index contributed by atoms with van der Waals surface area (Å²) in [7, 11) is 0. The Kier molecular flexibility index (Phi) is 8.52. The maximum absolute atomic E-state index is 5.44. The molecule has 17 heavy (non-hydrogen) atoms. The van der Waals surface area contributed by atoms with Gasteiger partial charge in [0.05, 0.1) is 12.9 Å². The van der Waals surface area contributed by atoms with Gasteiger partial charge in [-0.2, -0.15) is 0 Å². The van der Waals surface area contributed by atoms with Crippen LogP contribution in [0.25, 0.3) is 0 Å². The highest BCUT2D eigenvalue weighted by molar-refractivity contribution is 7.98. The number of thioether (sulfide) groups is 1. The van der Waals surface area contributed by atoms with E-state index in [1.54, 1.807) is 18.0 Å². The van der Waals surface area contributed by atoms with E-state index in [4.69, 9.17) is 18.9 Å². The Morgan fingerprint density at radius 1 is 1.47 bits per heavy atom. The van der Waals surface area contributed by atoms with Gasteiger partial charge in [0.15, 0.2) is 6.29 Å². The van der Waals surface area contributed by atoms with Crippen molar-refractivity contribution in [2.24, 2.45) is 0 Å². The minimum absolute atomic E-state index is 0.0826. The predicted octanol–water partition coefficient (Wildman–Crippen LogP) is 2.74. The molecule has 0 N–H and O–H groups in total. The average molecular weight is 262 g/mol. The first-order valence-corrected chi connectivity index (χ1v) is 7.29. The van der Waals surface area contributed by atoms with E-state index in [9.17, 15) is 0 Å². The lowest BCUT2D eigenvalue weighted by atomic mass is 10.2. The molecular formula is C12H22O4S. The van der Waals surface area contributed by atoms with E-state index in [1.165, 1.54) is 6.42 Å². The third-order valence-corrected chi connectivity index (χ3v) is 2.65. The van der Waals surface area contributed by atoms with Crippen molar-refractivity contribution in [3.63, 3.8) is 0 Å². The molecule has 4 nitrogen and oxygen atoms in total. The van der Waals surface area contributed by atoms with Gasteiger partial charge >= 0.3 is 0 Å². The topological polar surface area (TPSA) is 36.9 Å². The van der Waals surface area contributed by atoms with Crippen molar-refractivity contribution in [2.75, 3.05) is 32.2 Å². The molecule has 1 rings (SSSR count). The minimum atomic E-state index is -0.0826. The molecule has 0 aromatic rings. The molecule has 1 aliphatic heterocycles. The van der Waals surface area contributed by atoms with Gasteiger partial charge in [-0.3, -0.25) is 0 Å². The van der Waals surface area contributed by atoms with Crippen molar-refractivity contribution in [1.82, 2.24) is 0 Å². The predicted molar refractivity (Wildman–Crippen MR) is 68.7 cm³/mol. The molecule has 0 saturated carbocycles. The van der Waals surface area contributed by atoms with Crippen LogP contribution in [0.3, 0.4) is 0 Å². The molecular weight excluding hydrogens is 240 g/mol. The number of rotatable bonds is 8. The zero-order valence-corrected chi connectivity index (χ0v) is 11.5. The molecule has 5 heteroatoms. The fraction of sp³-hybridized carbons (Fsp3) is 0.833. The molecule has 100 valence electrons. The second kappa shape index (κ2) is 9.76. The van der Waals surface area contributed by atoms with E-state index in [0.29, 0.717) is 12.5 Å². The van der Waals surface area contributed by atoms with Crippen LogP contribution in [0.4, 0.5) is 0 Å². The van der Waals surface area contributed by atoms with E-state index in [0.717, 1.165) is 25.0 Å². The molecule has 0 aromatic carbocycles. The van der Waals surface area contributed by atoms with Gasteiger partial charge in [-0.05, 0) is 38.0 Å². The van der Waals surface area contributed by atoms with Gasteiger partial charge in [0, 0.05) is 6.61 Å². The van der Waals surface area contributed by atoms with E-state index in [2.05, 4.69) is 0 Å². The van der Waals surface area contributed by atoms with E-state index < -0.39 is 0 Å². The van der Waals surface area contributed by atoms with Crippen molar-refractivity contribution >= 4 is 11.8 Å². The summed E-state index contributed by atoms with van der Waals surface area (Å²) in [5.41, 5.74) is 1.05. The summed E-state index contributed by atoms with van der Waals surface area (Å²) in [6.07, 6.45) is 6.92. The third kappa shape index (κ3) is 7.65. The summed E-state index contributed by atoms with van der Waals surface area (Å²) >= 11 is 1.64. The minimum Gasteiger partial charge on any atom is -0.491 e. The quantitative estimate of drug-likeness (QED) is 0.382. The molecule has 1 fully saturated rings. The van der Waals surface area contributed by atoms with Crippen LogP contribution in [0.2, 0.25) is 0 Å². The molecule has 1 saturated heterocycles. The number of ether oxygens (including phenoxy) is 4. The zero-order chi connectivity index (χ0) is 12.3. The maximum Gasteiger partial charge on any atom is 0.160 e. The molecule has 0 bridgehead atoms. The second-order valence-electron chi connectivity index (χ2n) is 3.97. The molecule has 0 aromatic heterocycles. The van der Waals surface area contributed by atoms with Crippen molar-refractivity contribution in [1.29, 1.82) is 0 Å². The molecule has 0 amide bonds. The number of hydrogen-bond acceptors (Lipinski definition) is 5. The van der Waals surface area contributed by atoms with E-state index >= 15 is 0 Å². The Labute approximate surface area is 108 Å². The van der Waals surface area contributed by atoms with Gasteiger partial charge in [0.1, 0.15) is 12.7 Å². The van der Waals surface area contributed by atoms with Crippen molar-refractivity contribution in [3.05, 3.63) is 11.8 Å². The summed E-state index contributed by atoms with van der Waals surface area (Å²) in [5, 5.41) is 0. The second-order valence-corrected chi connectivity index (χ2v) is 4.78. The first kappa shape index (κ1) is 14.8. The Morgan fingerprint density at radius 3 is 3.06 bits per heavy atom. The van der Waals surface area contributed by atoms with Gasteiger partial charge in [0.25, 0.3) is 0 Å². The van der Waals surface area contributed by atoms with Crippen LogP contribution in [0.1, 0.15) is 26.2 Å². The highest BCUT2D eigenvalue weighted by Crippen LogP contribution is 2.13. The summed E-state index contributed by atoms with van der Waals surface area (Å²) in [6.45, 7) is 3.57. The average Bonchev–Trinajstić information content (AvgIpc) is 2.36. The molecule has 0 aliphatic carbocycles. The lowest BCUT2D eigenvalue weighted by Crippen LogP contribution is -2.23. The van der Waals surface area contributed by atoms with Crippen LogP contribution >= 0.6 is 11.8 Å². The largest absolute Gasteiger partial charge is 0.491 e. The smallest absolute Gasteiger partial charge is 0.160 e. The summed E-state index contributed by atoms with van der Waals surface area (Å²) in [6, 6.07) is 0. The van der Waals surface area contributed by atoms with Crippen molar-refractivity contribution in [3.8, 4) is 0 Å². The van der Waals surface area contributed by atoms with Crippen LogP contribution in [0.5, 0.6) is 0 Å².